The largest absolute Gasteiger partial charge is 0.496 e. The van der Waals surface area contributed by atoms with E-state index in [1.54, 1.807) is 25.3 Å². The van der Waals surface area contributed by atoms with Crippen LogP contribution in [0.3, 0.4) is 0 Å². The number of nitrogens with two attached hydrogens (primary N) is 1. The zero-order chi connectivity index (χ0) is 14.3. The van der Waals surface area contributed by atoms with Gasteiger partial charge in [-0.15, -0.1) is 0 Å². The van der Waals surface area contributed by atoms with Gasteiger partial charge in [0.1, 0.15) is 12.4 Å². The minimum atomic E-state index is -2.44. The zero-order valence-electron chi connectivity index (χ0n) is 10.7. The maximum atomic E-state index is 11.9. The van der Waals surface area contributed by atoms with E-state index >= 15 is 0 Å². The van der Waals surface area contributed by atoms with Crippen LogP contribution in [0.15, 0.2) is 18.2 Å². The molecule has 0 spiro atoms. The van der Waals surface area contributed by atoms with Gasteiger partial charge in [0.15, 0.2) is 0 Å². The van der Waals surface area contributed by atoms with Gasteiger partial charge in [-0.1, -0.05) is 11.6 Å². The Morgan fingerprint density at radius 1 is 1.37 bits per heavy atom. The molecule has 0 aliphatic rings. The Hall–Kier alpha value is -0.910. The molecule has 0 aliphatic carbocycles. The van der Waals surface area contributed by atoms with Crippen LogP contribution >= 0.6 is 11.6 Å². The highest BCUT2D eigenvalue weighted by atomic mass is 35.5. The molecule has 0 fully saturated rings. The monoisotopic (exact) mass is 293 g/mol. The lowest BCUT2D eigenvalue weighted by molar-refractivity contribution is 0.0153. The van der Waals surface area contributed by atoms with Crippen LogP contribution in [0.2, 0.25) is 5.02 Å². The maximum Gasteiger partial charge on any atom is 0.261 e. The Labute approximate surface area is 116 Å². The second kappa shape index (κ2) is 8.30. The predicted octanol–water partition coefficient (Wildman–Crippen LogP) is 2.89. The van der Waals surface area contributed by atoms with Gasteiger partial charge in [-0.3, -0.25) is 0 Å². The average Bonchev–Trinajstić information content (AvgIpc) is 2.35. The number of benzene rings is 1. The van der Waals surface area contributed by atoms with E-state index in [-0.39, 0.29) is 12.6 Å². The standard InChI is InChI=1S/C13H18ClF2NO2/c1-18-12-3-2-10(14)6-9(12)7-11(17)4-5-19-8-13(15)16/h2-3,6,11,13H,4-5,7-8,17H2,1H3. The van der Waals surface area contributed by atoms with E-state index in [0.29, 0.717) is 23.6 Å². The van der Waals surface area contributed by atoms with E-state index in [9.17, 15) is 8.78 Å². The van der Waals surface area contributed by atoms with E-state index in [1.807, 2.05) is 0 Å². The minimum Gasteiger partial charge on any atom is -0.496 e. The van der Waals surface area contributed by atoms with Crippen molar-refractivity contribution < 1.29 is 18.3 Å². The van der Waals surface area contributed by atoms with Crippen molar-refractivity contribution in [3.63, 3.8) is 0 Å². The molecule has 1 atom stereocenters. The molecule has 1 aromatic carbocycles. The van der Waals surface area contributed by atoms with Crippen LogP contribution in [0, 0.1) is 0 Å². The third-order valence-corrected chi connectivity index (χ3v) is 2.84. The molecule has 1 aromatic rings. The molecule has 1 rings (SSSR count). The smallest absolute Gasteiger partial charge is 0.261 e. The molecule has 0 heterocycles. The van der Waals surface area contributed by atoms with E-state index in [4.69, 9.17) is 26.8 Å². The SMILES string of the molecule is COc1ccc(Cl)cc1CC(N)CCOCC(F)F. The Morgan fingerprint density at radius 2 is 2.11 bits per heavy atom. The second-order valence-corrected chi connectivity index (χ2v) is 4.61. The Kier molecular flexibility index (Phi) is 7.05. The summed E-state index contributed by atoms with van der Waals surface area (Å²) in [5.41, 5.74) is 6.83. The fraction of sp³-hybridized carbons (Fsp3) is 0.538. The maximum absolute atomic E-state index is 11.9. The lowest BCUT2D eigenvalue weighted by Gasteiger charge is -2.14. The highest BCUT2D eigenvalue weighted by Gasteiger charge is 2.10. The van der Waals surface area contributed by atoms with Crippen LogP contribution in [0.4, 0.5) is 8.78 Å². The summed E-state index contributed by atoms with van der Waals surface area (Å²) < 4.78 is 33.7. The van der Waals surface area contributed by atoms with Gasteiger partial charge >= 0.3 is 0 Å². The van der Waals surface area contributed by atoms with Crippen LogP contribution in [0.5, 0.6) is 5.75 Å². The van der Waals surface area contributed by atoms with Crippen molar-refractivity contribution in [1.29, 1.82) is 0 Å². The Bertz CT molecular complexity index is 391. The van der Waals surface area contributed by atoms with E-state index < -0.39 is 13.0 Å². The van der Waals surface area contributed by atoms with Crippen molar-refractivity contribution in [3.05, 3.63) is 28.8 Å². The fourth-order valence-electron chi connectivity index (χ4n) is 1.70. The number of ether oxygens (including phenoxy) is 2. The first kappa shape index (κ1) is 16.1. The summed E-state index contributed by atoms with van der Waals surface area (Å²) in [6, 6.07) is 5.11. The van der Waals surface area contributed by atoms with Gasteiger partial charge in [0.2, 0.25) is 0 Å². The second-order valence-electron chi connectivity index (χ2n) is 4.18. The van der Waals surface area contributed by atoms with Crippen molar-refractivity contribution in [3.8, 4) is 5.75 Å². The molecule has 2 N–H and O–H groups in total. The summed E-state index contributed by atoms with van der Waals surface area (Å²) in [7, 11) is 1.57. The van der Waals surface area contributed by atoms with Crippen molar-refractivity contribution in [2.75, 3.05) is 20.3 Å². The molecule has 3 nitrogen and oxygen atoms in total. The molecular weight excluding hydrogens is 276 g/mol. The Balaban J connectivity index is 2.43. The summed E-state index contributed by atoms with van der Waals surface area (Å²) >= 11 is 5.91. The number of hydrogen-bond acceptors (Lipinski definition) is 3. The number of hydrogen-bond donors (Lipinski definition) is 1. The van der Waals surface area contributed by atoms with E-state index in [2.05, 4.69) is 0 Å². The van der Waals surface area contributed by atoms with Crippen LogP contribution in [0.1, 0.15) is 12.0 Å². The summed E-state index contributed by atoms with van der Waals surface area (Å²) in [6.07, 6.45) is -1.38. The van der Waals surface area contributed by atoms with Crippen LogP contribution in [-0.4, -0.2) is 32.8 Å². The van der Waals surface area contributed by atoms with E-state index in [0.717, 1.165) is 5.56 Å². The quantitative estimate of drug-likeness (QED) is 0.750. The van der Waals surface area contributed by atoms with Crippen molar-refractivity contribution in [2.24, 2.45) is 5.73 Å². The fourth-order valence-corrected chi connectivity index (χ4v) is 1.89. The number of methoxy groups -OCH3 is 1. The van der Waals surface area contributed by atoms with Crippen molar-refractivity contribution in [1.82, 2.24) is 0 Å². The minimum absolute atomic E-state index is 0.190. The van der Waals surface area contributed by atoms with Gasteiger partial charge in [-0.05, 0) is 36.6 Å². The molecule has 0 saturated heterocycles. The topological polar surface area (TPSA) is 44.5 Å². The first-order chi connectivity index (χ1) is 9.02. The molecule has 0 aliphatic heterocycles. The molecule has 108 valence electrons. The molecule has 0 radical (unpaired) electrons. The average molecular weight is 294 g/mol. The van der Waals surface area contributed by atoms with Gasteiger partial charge in [0, 0.05) is 17.7 Å². The molecule has 0 amide bonds. The van der Waals surface area contributed by atoms with Gasteiger partial charge in [-0.2, -0.15) is 0 Å². The van der Waals surface area contributed by atoms with Gasteiger partial charge in [0.05, 0.1) is 7.11 Å². The summed E-state index contributed by atoms with van der Waals surface area (Å²) in [5, 5.41) is 0.608. The summed E-state index contributed by atoms with van der Waals surface area (Å²) in [6.45, 7) is -0.332. The van der Waals surface area contributed by atoms with Crippen LogP contribution < -0.4 is 10.5 Å². The van der Waals surface area contributed by atoms with Gasteiger partial charge in [-0.25, -0.2) is 8.78 Å². The number of rotatable bonds is 8. The molecule has 0 saturated carbocycles. The molecule has 19 heavy (non-hydrogen) atoms. The molecule has 6 heteroatoms. The van der Waals surface area contributed by atoms with Crippen molar-refractivity contribution >= 4 is 11.6 Å². The zero-order valence-corrected chi connectivity index (χ0v) is 11.5. The number of halogens is 3. The van der Waals surface area contributed by atoms with Crippen LogP contribution in [-0.2, 0) is 11.2 Å². The normalized spacial score (nSPS) is 12.7. The third kappa shape index (κ3) is 6.18. The molecule has 1 unspecified atom stereocenters. The van der Waals surface area contributed by atoms with Crippen molar-refractivity contribution in [2.45, 2.75) is 25.3 Å². The lowest BCUT2D eigenvalue weighted by Crippen LogP contribution is -2.25. The van der Waals surface area contributed by atoms with Crippen LogP contribution in [0.25, 0.3) is 0 Å². The first-order valence-electron chi connectivity index (χ1n) is 5.96. The third-order valence-electron chi connectivity index (χ3n) is 2.60. The first-order valence-corrected chi connectivity index (χ1v) is 6.34. The highest BCUT2D eigenvalue weighted by Crippen LogP contribution is 2.24. The van der Waals surface area contributed by atoms with E-state index in [1.165, 1.54) is 0 Å². The molecule has 0 aromatic heterocycles. The summed E-state index contributed by atoms with van der Waals surface area (Å²) in [4.78, 5) is 0. The molecular formula is C13H18ClF2NO2. The molecule has 0 bridgehead atoms. The predicted molar refractivity (Wildman–Crippen MR) is 71.1 cm³/mol. The lowest BCUT2D eigenvalue weighted by atomic mass is 10.0. The summed E-state index contributed by atoms with van der Waals surface area (Å²) in [5.74, 6) is 0.716. The van der Waals surface area contributed by atoms with Gasteiger partial charge < -0.3 is 15.2 Å². The Morgan fingerprint density at radius 3 is 2.74 bits per heavy atom. The number of alkyl halides is 2. The highest BCUT2D eigenvalue weighted by molar-refractivity contribution is 6.30. The van der Waals surface area contributed by atoms with Gasteiger partial charge in [0.25, 0.3) is 6.43 Å².